The van der Waals surface area contributed by atoms with Crippen LogP contribution in [-0.4, -0.2) is 55.2 Å². The largest absolute Gasteiger partial charge is 0.492 e. The van der Waals surface area contributed by atoms with Gasteiger partial charge < -0.3 is 14.8 Å². The first kappa shape index (κ1) is 21.0. The molecule has 3 heterocycles. The molecule has 30 heavy (non-hydrogen) atoms. The van der Waals surface area contributed by atoms with E-state index in [0.717, 1.165) is 59.7 Å². The van der Waals surface area contributed by atoms with E-state index in [-0.39, 0.29) is 12.3 Å². The summed E-state index contributed by atoms with van der Waals surface area (Å²) in [4.78, 5) is 20.4. The highest BCUT2D eigenvalue weighted by Crippen LogP contribution is 2.27. The first-order chi connectivity index (χ1) is 14.8. The number of ether oxygens (including phenoxy) is 2. The normalized spacial score (nSPS) is 14.5. The van der Waals surface area contributed by atoms with E-state index >= 15 is 0 Å². The highest BCUT2D eigenvalue weighted by molar-refractivity contribution is 7.20. The third-order valence-electron chi connectivity index (χ3n) is 4.79. The van der Waals surface area contributed by atoms with Gasteiger partial charge in [-0.2, -0.15) is 0 Å². The average Bonchev–Trinajstić information content (AvgIpc) is 3.45. The number of benzene rings is 1. The van der Waals surface area contributed by atoms with E-state index in [1.54, 1.807) is 22.7 Å². The summed E-state index contributed by atoms with van der Waals surface area (Å²) >= 11 is 3.23. The van der Waals surface area contributed by atoms with Gasteiger partial charge in [0.2, 0.25) is 5.91 Å². The minimum absolute atomic E-state index is 0.0309. The molecule has 1 amide bonds. The summed E-state index contributed by atoms with van der Waals surface area (Å²) in [5.74, 6) is 0.798. The fourth-order valence-electron chi connectivity index (χ4n) is 3.19. The van der Waals surface area contributed by atoms with Gasteiger partial charge in [-0.15, -0.1) is 22.7 Å². The number of carbonyl (C=O) groups is 1. The van der Waals surface area contributed by atoms with Crippen LogP contribution in [0.3, 0.4) is 0 Å². The molecular weight excluding hydrogens is 418 g/mol. The predicted octanol–water partition coefficient (Wildman–Crippen LogP) is 3.44. The van der Waals surface area contributed by atoms with Crippen LogP contribution in [0.2, 0.25) is 0 Å². The zero-order valence-electron chi connectivity index (χ0n) is 16.7. The van der Waals surface area contributed by atoms with Gasteiger partial charge in [0.15, 0.2) is 0 Å². The highest BCUT2D eigenvalue weighted by Gasteiger charge is 2.11. The number of morpholine rings is 1. The van der Waals surface area contributed by atoms with E-state index < -0.39 is 0 Å². The number of thiophene rings is 1. The molecule has 0 aliphatic carbocycles. The van der Waals surface area contributed by atoms with Crippen molar-refractivity contribution in [3.05, 3.63) is 58.4 Å². The number of carbonyl (C=O) groups excluding carboxylic acids is 1. The quantitative estimate of drug-likeness (QED) is 0.549. The Balaban J connectivity index is 1.21. The molecule has 2 aromatic heterocycles. The van der Waals surface area contributed by atoms with E-state index in [2.05, 4.69) is 15.2 Å². The topological polar surface area (TPSA) is 63.7 Å². The second kappa shape index (κ2) is 10.7. The summed E-state index contributed by atoms with van der Waals surface area (Å²) in [5.41, 5.74) is 1.82. The second-order valence-corrected chi connectivity index (χ2v) is 8.83. The van der Waals surface area contributed by atoms with E-state index in [1.165, 1.54) is 0 Å². The van der Waals surface area contributed by atoms with Gasteiger partial charge in [-0.3, -0.25) is 9.69 Å². The molecule has 1 aliphatic heterocycles. The molecule has 1 aromatic carbocycles. The first-order valence-corrected chi connectivity index (χ1v) is 11.8. The summed E-state index contributed by atoms with van der Waals surface area (Å²) in [6.45, 7) is 5.53. The van der Waals surface area contributed by atoms with Gasteiger partial charge >= 0.3 is 0 Å². The Morgan fingerprint density at radius 1 is 1.20 bits per heavy atom. The maximum atomic E-state index is 12.3. The smallest absolute Gasteiger partial charge is 0.226 e. The molecule has 0 radical (unpaired) electrons. The van der Waals surface area contributed by atoms with Crippen LogP contribution in [-0.2, 0) is 22.5 Å². The van der Waals surface area contributed by atoms with Crippen molar-refractivity contribution in [1.82, 2.24) is 15.2 Å². The third kappa shape index (κ3) is 6.12. The number of nitrogens with one attached hydrogen (secondary N) is 1. The van der Waals surface area contributed by atoms with Crippen LogP contribution in [0.1, 0.15) is 11.3 Å². The zero-order valence-corrected chi connectivity index (χ0v) is 18.3. The number of hydrogen-bond acceptors (Lipinski definition) is 7. The van der Waals surface area contributed by atoms with Crippen LogP contribution >= 0.6 is 22.7 Å². The molecular formula is C22H25N3O3S2. The van der Waals surface area contributed by atoms with Gasteiger partial charge in [-0.05, 0) is 29.1 Å². The lowest BCUT2D eigenvalue weighted by Gasteiger charge is -2.26. The van der Waals surface area contributed by atoms with Gasteiger partial charge in [0.1, 0.15) is 17.4 Å². The van der Waals surface area contributed by atoms with Crippen LogP contribution in [0.15, 0.2) is 47.2 Å². The average molecular weight is 444 g/mol. The number of nitrogens with zero attached hydrogens (tertiary/aromatic N) is 2. The SMILES string of the molecule is O=C(Cc1csc(-c2cccs2)n1)NCc1cccc(OCCN2CCOCC2)c1. The summed E-state index contributed by atoms with van der Waals surface area (Å²) in [7, 11) is 0. The summed E-state index contributed by atoms with van der Waals surface area (Å²) < 4.78 is 11.2. The molecule has 1 saturated heterocycles. The Morgan fingerprint density at radius 3 is 2.93 bits per heavy atom. The minimum Gasteiger partial charge on any atom is -0.492 e. The number of amides is 1. The maximum absolute atomic E-state index is 12.3. The number of aromatic nitrogens is 1. The van der Waals surface area contributed by atoms with Crippen LogP contribution in [0.25, 0.3) is 9.88 Å². The van der Waals surface area contributed by atoms with Crippen molar-refractivity contribution >= 4 is 28.6 Å². The van der Waals surface area contributed by atoms with Gasteiger partial charge in [-0.25, -0.2) is 4.98 Å². The van der Waals surface area contributed by atoms with Crippen molar-refractivity contribution in [3.63, 3.8) is 0 Å². The lowest BCUT2D eigenvalue weighted by atomic mass is 10.2. The number of thiazole rings is 1. The molecule has 8 heteroatoms. The summed E-state index contributed by atoms with van der Waals surface area (Å²) in [5, 5.41) is 7.93. The minimum atomic E-state index is -0.0309. The van der Waals surface area contributed by atoms with E-state index in [0.29, 0.717) is 13.2 Å². The van der Waals surface area contributed by atoms with Crippen LogP contribution in [0.5, 0.6) is 5.75 Å². The molecule has 0 saturated carbocycles. The van der Waals surface area contributed by atoms with Crippen molar-refractivity contribution in [2.45, 2.75) is 13.0 Å². The highest BCUT2D eigenvalue weighted by atomic mass is 32.1. The summed E-state index contributed by atoms with van der Waals surface area (Å²) in [6.07, 6.45) is 0.289. The van der Waals surface area contributed by atoms with E-state index in [1.807, 2.05) is 47.2 Å². The standard InChI is InChI=1S/C22H25N3O3S2/c26-21(14-18-16-30-22(24-18)20-5-2-12-29-20)23-15-17-3-1-4-19(13-17)28-11-8-25-6-9-27-10-7-25/h1-5,12-13,16H,6-11,14-15H2,(H,23,26). The first-order valence-electron chi connectivity index (χ1n) is 10.0. The number of rotatable bonds is 9. The molecule has 3 aromatic rings. The van der Waals surface area contributed by atoms with Gasteiger partial charge in [0.25, 0.3) is 0 Å². The fourth-order valence-corrected chi connectivity index (χ4v) is 4.83. The molecule has 1 fully saturated rings. The monoisotopic (exact) mass is 443 g/mol. The van der Waals surface area contributed by atoms with Gasteiger partial charge in [0.05, 0.1) is 30.2 Å². The van der Waals surface area contributed by atoms with E-state index in [4.69, 9.17) is 9.47 Å². The van der Waals surface area contributed by atoms with Crippen molar-refractivity contribution in [3.8, 4) is 15.6 Å². The molecule has 0 spiro atoms. The Kier molecular flexibility index (Phi) is 7.47. The molecule has 0 bridgehead atoms. The molecule has 1 aliphatic rings. The number of hydrogen-bond donors (Lipinski definition) is 1. The Labute approximate surface area is 184 Å². The zero-order chi connectivity index (χ0) is 20.6. The van der Waals surface area contributed by atoms with Gasteiger partial charge in [0, 0.05) is 31.6 Å². The molecule has 6 nitrogen and oxygen atoms in total. The molecule has 0 unspecified atom stereocenters. The third-order valence-corrected chi connectivity index (χ3v) is 6.72. The van der Waals surface area contributed by atoms with Crippen LogP contribution in [0, 0.1) is 0 Å². The lowest BCUT2D eigenvalue weighted by Crippen LogP contribution is -2.38. The summed E-state index contributed by atoms with van der Waals surface area (Å²) in [6, 6.07) is 11.9. The van der Waals surface area contributed by atoms with Gasteiger partial charge in [-0.1, -0.05) is 18.2 Å². The molecule has 158 valence electrons. The second-order valence-electron chi connectivity index (χ2n) is 7.02. The van der Waals surface area contributed by atoms with Crippen molar-refractivity contribution in [2.24, 2.45) is 0 Å². The lowest BCUT2D eigenvalue weighted by molar-refractivity contribution is -0.120. The Bertz CT molecular complexity index is 937. The maximum Gasteiger partial charge on any atom is 0.226 e. The van der Waals surface area contributed by atoms with Crippen LogP contribution in [0.4, 0.5) is 0 Å². The van der Waals surface area contributed by atoms with Crippen molar-refractivity contribution in [1.29, 1.82) is 0 Å². The van der Waals surface area contributed by atoms with E-state index in [9.17, 15) is 4.79 Å². The van der Waals surface area contributed by atoms with Crippen molar-refractivity contribution in [2.75, 3.05) is 39.5 Å². The Morgan fingerprint density at radius 2 is 2.10 bits per heavy atom. The molecule has 1 N–H and O–H groups in total. The molecule has 0 atom stereocenters. The Hall–Kier alpha value is -2.26. The van der Waals surface area contributed by atoms with Crippen molar-refractivity contribution < 1.29 is 14.3 Å². The predicted molar refractivity (Wildman–Crippen MR) is 120 cm³/mol. The van der Waals surface area contributed by atoms with Crippen LogP contribution < -0.4 is 10.1 Å². The fraction of sp³-hybridized carbons (Fsp3) is 0.364. The molecule has 4 rings (SSSR count).